The number of thiazole rings is 1. The Labute approximate surface area is 309 Å². The van der Waals surface area contributed by atoms with Gasteiger partial charge in [0.1, 0.15) is 17.8 Å². The van der Waals surface area contributed by atoms with E-state index in [2.05, 4.69) is 20.9 Å². The van der Waals surface area contributed by atoms with Crippen molar-refractivity contribution < 1.29 is 33.5 Å². The van der Waals surface area contributed by atoms with Crippen LogP contribution in [0.4, 0.5) is 0 Å². The molecule has 52 heavy (non-hydrogen) atoms. The highest BCUT2D eigenvalue weighted by atomic mass is 32.1. The van der Waals surface area contributed by atoms with Gasteiger partial charge in [-0.15, -0.1) is 11.3 Å². The number of ketones is 2. The molecule has 3 aromatic rings. The summed E-state index contributed by atoms with van der Waals surface area (Å²) in [6, 6.07) is 12.3. The topological polar surface area (TPSA) is 164 Å². The number of carbonyl (C=O) groups excluding carboxylic acids is 6. The molecule has 2 aromatic carbocycles. The third kappa shape index (κ3) is 10.1. The maximum atomic E-state index is 14.2. The van der Waals surface area contributed by atoms with E-state index < -0.39 is 58.7 Å². The summed E-state index contributed by atoms with van der Waals surface area (Å²) in [7, 11) is 2.98. The quantitative estimate of drug-likeness (QED) is 0.150. The first-order valence-corrected chi connectivity index (χ1v) is 18.4. The smallest absolute Gasteiger partial charge is 0.259 e. The number of ether oxygens (including phenoxy) is 1. The van der Waals surface area contributed by atoms with Crippen LogP contribution < -0.4 is 20.7 Å². The van der Waals surface area contributed by atoms with Crippen molar-refractivity contribution in [1.82, 2.24) is 25.8 Å². The van der Waals surface area contributed by atoms with Crippen LogP contribution in [-0.2, 0) is 19.2 Å². The summed E-state index contributed by atoms with van der Waals surface area (Å²) >= 11 is 1.03. The lowest BCUT2D eigenvalue weighted by molar-refractivity contribution is -0.143. The van der Waals surface area contributed by atoms with Gasteiger partial charge in [0.05, 0.1) is 18.8 Å². The summed E-state index contributed by atoms with van der Waals surface area (Å²) in [5.41, 5.74) is 0.864. The molecular formula is C39H49N5O7S. The van der Waals surface area contributed by atoms with Gasteiger partial charge in [0.2, 0.25) is 23.5 Å². The Hall–Kier alpha value is -4.91. The van der Waals surface area contributed by atoms with E-state index in [1.165, 1.54) is 19.1 Å². The fourth-order valence-corrected chi connectivity index (χ4v) is 6.87. The number of piperidine rings is 1. The molecule has 1 aliphatic rings. The van der Waals surface area contributed by atoms with Crippen LogP contribution in [0.3, 0.4) is 0 Å². The second-order valence-electron chi connectivity index (χ2n) is 14.6. The van der Waals surface area contributed by atoms with Gasteiger partial charge in [0, 0.05) is 36.0 Å². The highest BCUT2D eigenvalue weighted by Crippen LogP contribution is 2.26. The highest BCUT2D eigenvalue weighted by Gasteiger charge is 2.41. The summed E-state index contributed by atoms with van der Waals surface area (Å²) in [5, 5.41) is 10.1. The van der Waals surface area contributed by atoms with Gasteiger partial charge < -0.3 is 25.6 Å². The number of nitrogens with one attached hydrogen (secondary N) is 3. The monoisotopic (exact) mass is 731 g/mol. The molecule has 0 spiro atoms. The summed E-state index contributed by atoms with van der Waals surface area (Å²) in [6.07, 6.45) is 1.31. The predicted molar refractivity (Wildman–Crippen MR) is 199 cm³/mol. The van der Waals surface area contributed by atoms with Crippen LogP contribution in [0.1, 0.15) is 80.5 Å². The first-order chi connectivity index (χ1) is 24.6. The fraction of sp³-hybridized carbons (Fsp3) is 0.462. The van der Waals surface area contributed by atoms with E-state index >= 15 is 0 Å². The van der Waals surface area contributed by atoms with E-state index in [0.29, 0.717) is 36.4 Å². The number of benzene rings is 2. The number of nitrogens with zero attached hydrogens (tertiary/aromatic N) is 2. The number of hydrogen-bond acceptors (Lipinski definition) is 9. The summed E-state index contributed by atoms with van der Waals surface area (Å²) < 4.78 is 5.25. The van der Waals surface area contributed by atoms with E-state index in [0.717, 1.165) is 16.9 Å². The molecule has 2 unspecified atom stereocenters. The molecule has 13 heteroatoms. The second-order valence-corrected chi connectivity index (χ2v) is 15.5. The molecule has 12 nitrogen and oxygen atoms in total. The maximum absolute atomic E-state index is 14.2. The molecule has 4 rings (SSSR count). The van der Waals surface area contributed by atoms with Crippen molar-refractivity contribution in [3.05, 3.63) is 70.5 Å². The first-order valence-electron chi connectivity index (χ1n) is 17.5. The van der Waals surface area contributed by atoms with Crippen molar-refractivity contribution in [3.8, 4) is 17.0 Å². The summed E-state index contributed by atoms with van der Waals surface area (Å²) in [5.74, 6) is -3.84. The minimum Gasteiger partial charge on any atom is -0.497 e. The van der Waals surface area contributed by atoms with Gasteiger partial charge in [-0.05, 0) is 55.2 Å². The van der Waals surface area contributed by atoms with Crippen LogP contribution in [0.2, 0.25) is 0 Å². The van der Waals surface area contributed by atoms with Crippen molar-refractivity contribution in [1.29, 1.82) is 0 Å². The van der Waals surface area contributed by atoms with Crippen LogP contribution in [-0.4, -0.2) is 83.9 Å². The van der Waals surface area contributed by atoms with Gasteiger partial charge in [-0.2, -0.15) is 0 Å². The van der Waals surface area contributed by atoms with Crippen molar-refractivity contribution >= 4 is 46.5 Å². The van der Waals surface area contributed by atoms with Gasteiger partial charge in [0.25, 0.3) is 11.7 Å². The Morgan fingerprint density at radius 2 is 1.75 bits per heavy atom. The van der Waals surface area contributed by atoms with Crippen molar-refractivity contribution in [2.75, 3.05) is 20.7 Å². The normalized spacial score (nSPS) is 16.2. The third-order valence-corrected chi connectivity index (χ3v) is 9.92. The molecule has 4 amide bonds. The van der Waals surface area contributed by atoms with E-state index in [4.69, 9.17) is 4.74 Å². The number of aromatic nitrogens is 1. The minimum absolute atomic E-state index is 0.0259. The minimum atomic E-state index is -1.35. The molecule has 1 fully saturated rings. The average Bonchev–Trinajstić information content (AvgIpc) is 3.62. The lowest BCUT2D eigenvalue weighted by Crippen LogP contribution is -2.59. The number of rotatable bonds is 15. The molecule has 0 bridgehead atoms. The van der Waals surface area contributed by atoms with Crippen LogP contribution in [0.15, 0.2) is 60.0 Å². The third-order valence-electron chi connectivity index (χ3n) is 9.08. The van der Waals surface area contributed by atoms with Crippen molar-refractivity contribution in [2.45, 2.75) is 78.4 Å². The first kappa shape index (κ1) is 39.9. The molecule has 3 N–H and O–H groups in total. The number of hydrogen-bond donors (Lipinski definition) is 3. The predicted octanol–water partition coefficient (Wildman–Crippen LogP) is 4.69. The van der Waals surface area contributed by atoms with Gasteiger partial charge >= 0.3 is 0 Å². The molecule has 0 aliphatic carbocycles. The standard InChI is InChI=1S/C39H49N5O7S/c1-23(2)19-30(44(6)38(50)33(39(3,4)5)43-35(48)25-15-11-17-27(20-25)51-7)36(49)41-28(21-26-16-12-18-40-34(26)47)31(45)32(46)37-42-29(22-52-37)24-13-9-8-10-14-24/h8-11,13-15,17,20,22-23,26,28,30,33H,12,16,18-19,21H2,1-7H3,(H,40,47)(H,41,49)(H,43,48)/t26?,28?,30-,33+/m0/s1. The number of Topliss-reactive ketones (excluding diaryl/α,β-unsaturated/α-hetero) is 2. The van der Waals surface area contributed by atoms with Gasteiger partial charge in [-0.25, -0.2) is 4.98 Å². The number of likely N-dealkylation sites (N-methyl/N-ethyl adjacent to an activating group) is 1. The van der Waals surface area contributed by atoms with Crippen LogP contribution >= 0.6 is 11.3 Å². The Morgan fingerprint density at radius 1 is 1.04 bits per heavy atom. The van der Waals surface area contributed by atoms with Gasteiger partial charge in [0.15, 0.2) is 5.01 Å². The van der Waals surface area contributed by atoms with Crippen LogP contribution in [0.25, 0.3) is 11.3 Å². The molecule has 2 heterocycles. The van der Waals surface area contributed by atoms with Crippen molar-refractivity contribution in [2.24, 2.45) is 17.3 Å². The Bertz CT molecular complexity index is 1770. The molecule has 1 aromatic heterocycles. The Morgan fingerprint density at radius 3 is 2.38 bits per heavy atom. The summed E-state index contributed by atoms with van der Waals surface area (Å²) in [6.45, 7) is 9.73. The van der Waals surface area contributed by atoms with Crippen LogP contribution in [0, 0.1) is 17.3 Å². The SMILES string of the molecule is COc1cccc(C(=O)N[C@H](C(=O)N(C)[C@@H](CC(C)C)C(=O)NC(CC2CCCNC2=O)C(=O)C(=O)c2nc(-c3ccccc3)cs2)C(C)(C)C)c1. The molecule has 1 saturated heterocycles. The van der Waals surface area contributed by atoms with E-state index in [1.807, 2.05) is 65.0 Å². The highest BCUT2D eigenvalue weighted by molar-refractivity contribution is 7.13. The van der Waals surface area contributed by atoms with E-state index in [9.17, 15) is 28.8 Å². The molecule has 0 radical (unpaired) electrons. The second kappa shape index (κ2) is 17.5. The molecule has 4 atom stereocenters. The summed E-state index contributed by atoms with van der Waals surface area (Å²) in [4.78, 5) is 87.8. The van der Waals surface area contributed by atoms with Crippen molar-refractivity contribution in [3.63, 3.8) is 0 Å². The largest absolute Gasteiger partial charge is 0.497 e. The molecule has 1 aliphatic heterocycles. The number of methoxy groups -OCH3 is 1. The van der Waals surface area contributed by atoms with Gasteiger partial charge in [-0.3, -0.25) is 28.8 Å². The zero-order chi connectivity index (χ0) is 38.2. The van der Waals surface area contributed by atoms with E-state index in [-0.39, 0.29) is 29.7 Å². The average molecular weight is 732 g/mol. The van der Waals surface area contributed by atoms with Crippen LogP contribution in [0.5, 0.6) is 5.75 Å². The molecule has 0 saturated carbocycles. The Kier molecular flexibility index (Phi) is 13.4. The number of amides is 4. The number of carbonyl (C=O) groups is 6. The lowest BCUT2D eigenvalue weighted by Gasteiger charge is -2.37. The van der Waals surface area contributed by atoms with E-state index in [1.54, 1.807) is 29.6 Å². The zero-order valence-electron chi connectivity index (χ0n) is 30.9. The zero-order valence-corrected chi connectivity index (χ0v) is 31.7. The van der Waals surface area contributed by atoms with Gasteiger partial charge in [-0.1, -0.05) is 71.0 Å². The molecule has 278 valence electrons. The molecular weight excluding hydrogens is 683 g/mol. The maximum Gasteiger partial charge on any atom is 0.259 e. The Balaban J connectivity index is 1.60. The lowest BCUT2D eigenvalue weighted by atomic mass is 9.85. The fourth-order valence-electron chi connectivity index (χ4n) is 6.10.